The van der Waals surface area contributed by atoms with Gasteiger partial charge >= 0.3 is 0 Å². The standard InChI is InChI=1S/C15H16FNO3/c1-2-12-4-6-14(20-12)15(19)17-8-10-3-5-13(16)11(7-10)9-18/h3-7,18H,2,8-9H2,1H3,(H,17,19). The number of aryl methyl sites for hydroxylation is 1. The summed E-state index contributed by atoms with van der Waals surface area (Å²) < 4.78 is 18.5. The summed E-state index contributed by atoms with van der Waals surface area (Å²) in [6.45, 7) is 1.81. The van der Waals surface area contributed by atoms with Crippen molar-refractivity contribution in [3.8, 4) is 0 Å². The molecule has 0 aliphatic heterocycles. The summed E-state index contributed by atoms with van der Waals surface area (Å²) in [6, 6.07) is 7.74. The Labute approximate surface area is 116 Å². The highest BCUT2D eigenvalue weighted by molar-refractivity contribution is 5.91. The molecule has 0 bridgehead atoms. The third-order valence-corrected chi connectivity index (χ3v) is 2.97. The van der Waals surface area contributed by atoms with E-state index in [-0.39, 0.29) is 30.4 Å². The van der Waals surface area contributed by atoms with E-state index in [4.69, 9.17) is 9.52 Å². The molecule has 5 heteroatoms. The minimum absolute atomic E-state index is 0.211. The van der Waals surface area contributed by atoms with Crippen molar-refractivity contribution in [2.75, 3.05) is 0 Å². The van der Waals surface area contributed by atoms with Gasteiger partial charge in [-0.25, -0.2) is 4.39 Å². The molecule has 2 rings (SSSR count). The van der Waals surface area contributed by atoms with Crippen molar-refractivity contribution < 1.29 is 18.7 Å². The van der Waals surface area contributed by atoms with Crippen molar-refractivity contribution in [3.05, 3.63) is 58.8 Å². The van der Waals surface area contributed by atoms with Crippen LogP contribution < -0.4 is 5.32 Å². The summed E-state index contributed by atoms with van der Waals surface area (Å²) in [6.07, 6.45) is 0.727. The molecule has 0 unspecified atom stereocenters. The summed E-state index contributed by atoms with van der Waals surface area (Å²) in [5.41, 5.74) is 0.925. The summed E-state index contributed by atoms with van der Waals surface area (Å²) >= 11 is 0. The second kappa shape index (κ2) is 6.34. The van der Waals surface area contributed by atoms with Crippen molar-refractivity contribution >= 4 is 5.91 Å². The molecule has 1 aromatic heterocycles. The zero-order chi connectivity index (χ0) is 14.5. The van der Waals surface area contributed by atoms with Crippen LogP contribution in [0.3, 0.4) is 0 Å². The number of rotatable bonds is 5. The van der Waals surface area contributed by atoms with Crippen LogP contribution in [0.15, 0.2) is 34.7 Å². The zero-order valence-electron chi connectivity index (χ0n) is 11.1. The number of benzene rings is 1. The first-order valence-corrected chi connectivity index (χ1v) is 6.39. The van der Waals surface area contributed by atoms with E-state index in [2.05, 4.69) is 5.32 Å². The number of furan rings is 1. The number of aliphatic hydroxyl groups is 1. The van der Waals surface area contributed by atoms with Crippen LogP contribution in [0.2, 0.25) is 0 Å². The molecule has 2 aromatic rings. The molecule has 0 radical (unpaired) electrons. The van der Waals surface area contributed by atoms with Crippen molar-refractivity contribution in [2.24, 2.45) is 0 Å². The van der Waals surface area contributed by atoms with Crippen LogP contribution in [0, 0.1) is 5.82 Å². The van der Waals surface area contributed by atoms with Gasteiger partial charge in [-0.3, -0.25) is 4.79 Å². The van der Waals surface area contributed by atoms with Crippen LogP contribution in [0.25, 0.3) is 0 Å². The van der Waals surface area contributed by atoms with Crippen LogP contribution in [0.1, 0.15) is 34.4 Å². The van der Waals surface area contributed by atoms with Gasteiger partial charge in [0.05, 0.1) is 6.61 Å². The Morgan fingerprint density at radius 1 is 1.35 bits per heavy atom. The highest BCUT2D eigenvalue weighted by Crippen LogP contribution is 2.12. The number of amides is 1. The molecule has 0 aliphatic rings. The van der Waals surface area contributed by atoms with Crippen LogP contribution in [0.4, 0.5) is 4.39 Å². The molecular formula is C15H16FNO3. The van der Waals surface area contributed by atoms with Gasteiger partial charge in [-0.1, -0.05) is 13.0 Å². The van der Waals surface area contributed by atoms with Crippen LogP contribution in [0.5, 0.6) is 0 Å². The van der Waals surface area contributed by atoms with E-state index in [1.807, 2.05) is 6.92 Å². The number of hydrogen-bond acceptors (Lipinski definition) is 3. The number of carbonyl (C=O) groups excluding carboxylic acids is 1. The first-order chi connectivity index (χ1) is 9.63. The second-order valence-corrected chi connectivity index (χ2v) is 4.39. The van der Waals surface area contributed by atoms with Crippen LogP contribution >= 0.6 is 0 Å². The van der Waals surface area contributed by atoms with E-state index >= 15 is 0 Å². The predicted molar refractivity (Wildman–Crippen MR) is 71.6 cm³/mol. The number of aliphatic hydroxyl groups excluding tert-OH is 1. The van der Waals surface area contributed by atoms with E-state index in [0.29, 0.717) is 5.56 Å². The zero-order valence-corrected chi connectivity index (χ0v) is 11.1. The fourth-order valence-corrected chi connectivity index (χ4v) is 1.82. The Hall–Kier alpha value is -2.14. The van der Waals surface area contributed by atoms with Crippen LogP contribution in [-0.4, -0.2) is 11.0 Å². The topological polar surface area (TPSA) is 62.5 Å². The average Bonchev–Trinajstić information content (AvgIpc) is 2.95. The highest BCUT2D eigenvalue weighted by Gasteiger charge is 2.10. The lowest BCUT2D eigenvalue weighted by molar-refractivity contribution is 0.0921. The molecule has 0 atom stereocenters. The van der Waals surface area contributed by atoms with Gasteiger partial charge < -0.3 is 14.8 Å². The van der Waals surface area contributed by atoms with Gasteiger partial charge in [-0.15, -0.1) is 0 Å². The maximum Gasteiger partial charge on any atom is 0.287 e. The summed E-state index contributed by atoms with van der Waals surface area (Å²) in [7, 11) is 0. The normalized spacial score (nSPS) is 10.6. The Bertz CT molecular complexity index is 607. The van der Waals surface area contributed by atoms with Crippen molar-refractivity contribution in [1.29, 1.82) is 0 Å². The molecule has 0 spiro atoms. The van der Waals surface area contributed by atoms with Gasteiger partial charge in [0, 0.05) is 18.5 Å². The minimum Gasteiger partial charge on any atom is -0.456 e. The molecule has 0 saturated carbocycles. The van der Waals surface area contributed by atoms with E-state index in [0.717, 1.165) is 12.2 Å². The smallest absolute Gasteiger partial charge is 0.287 e. The Kier molecular flexibility index (Phi) is 4.53. The van der Waals surface area contributed by atoms with Crippen molar-refractivity contribution in [1.82, 2.24) is 5.32 Å². The lowest BCUT2D eigenvalue weighted by atomic mass is 10.1. The highest BCUT2D eigenvalue weighted by atomic mass is 19.1. The Morgan fingerprint density at radius 3 is 2.80 bits per heavy atom. The lowest BCUT2D eigenvalue weighted by Crippen LogP contribution is -2.22. The number of hydrogen-bond donors (Lipinski definition) is 2. The predicted octanol–water partition coefficient (Wildman–Crippen LogP) is 2.40. The van der Waals surface area contributed by atoms with E-state index in [1.54, 1.807) is 18.2 Å². The largest absolute Gasteiger partial charge is 0.456 e. The molecule has 2 N–H and O–H groups in total. The quantitative estimate of drug-likeness (QED) is 0.882. The van der Waals surface area contributed by atoms with Gasteiger partial charge in [0.15, 0.2) is 5.76 Å². The molecule has 1 aromatic carbocycles. The molecule has 20 heavy (non-hydrogen) atoms. The van der Waals surface area contributed by atoms with Gasteiger partial charge in [-0.05, 0) is 29.8 Å². The number of halogens is 1. The van der Waals surface area contributed by atoms with Gasteiger partial charge in [0.2, 0.25) is 0 Å². The molecule has 4 nitrogen and oxygen atoms in total. The first-order valence-electron chi connectivity index (χ1n) is 6.39. The molecular weight excluding hydrogens is 261 g/mol. The average molecular weight is 277 g/mol. The molecule has 0 saturated heterocycles. The fourth-order valence-electron chi connectivity index (χ4n) is 1.82. The van der Waals surface area contributed by atoms with E-state index < -0.39 is 5.82 Å². The molecule has 1 heterocycles. The summed E-state index contributed by atoms with van der Waals surface area (Å²) in [5.74, 6) is 0.228. The lowest BCUT2D eigenvalue weighted by Gasteiger charge is -2.06. The molecule has 106 valence electrons. The van der Waals surface area contributed by atoms with Crippen molar-refractivity contribution in [2.45, 2.75) is 26.5 Å². The monoisotopic (exact) mass is 277 g/mol. The second-order valence-electron chi connectivity index (χ2n) is 4.39. The van der Waals surface area contributed by atoms with E-state index in [9.17, 15) is 9.18 Å². The van der Waals surface area contributed by atoms with E-state index in [1.165, 1.54) is 12.1 Å². The third-order valence-electron chi connectivity index (χ3n) is 2.97. The SMILES string of the molecule is CCc1ccc(C(=O)NCc2ccc(F)c(CO)c2)o1. The maximum absolute atomic E-state index is 13.2. The van der Waals surface area contributed by atoms with Gasteiger partial charge in [0.1, 0.15) is 11.6 Å². The number of carbonyl (C=O) groups is 1. The van der Waals surface area contributed by atoms with Gasteiger partial charge in [0.25, 0.3) is 5.91 Å². The maximum atomic E-state index is 13.2. The molecule has 1 amide bonds. The molecule has 0 aliphatic carbocycles. The molecule has 0 fully saturated rings. The first kappa shape index (κ1) is 14.3. The fraction of sp³-hybridized carbons (Fsp3) is 0.267. The number of nitrogens with one attached hydrogen (secondary N) is 1. The Balaban J connectivity index is 1.99. The summed E-state index contributed by atoms with van der Waals surface area (Å²) in [5, 5.41) is 11.7. The minimum atomic E-state index is -0.457. The van der Waals surface area contributed by atoms with Crippen molar-refractivity contribution in [3.63, 3.8) is 0 Å². The third kappa shape index (κ3) is 3.24. The van der Waals surface area contributed by atoms with Crippen LogP contribution in [-0.2, 0) is 19.6 Å². The Morgan fingerprint density at radius 2 is 2.15 bits per heavy atom. The summed E-state index contributed by atoms with van der Waals surface area (Å²) in [4.78, 5) is 11.8. The van der Waals surface area contributed by atoms with Gasteiger partial charge in [-0.2, -0.15) is 0 Å².